The van der Waals surface area contributed by atoms with Crippen molar-refractivity contribution in [1.29, 1.82) is 0 Å². The van der Waals surface area contributed by atoms with Crippen LogP contribution in [0.4, 0.5) is 0 Å². The fourth-order valence-electron chi connectivity index (χ4n) is 3.77. The second-order valence-electron chi connectivity index (χ2n) is 7.31. The maximum absolute atomic E-state index is 13.3. The third kappa shape index (κ3) is 4.21. The molecule has 2 atom stereocenters. The summed E-state index contributed by atoms with van der Waals surface area (Å²) in [5.74, 6) is 0. The Hall–Kier alpha value is -2.79. The summed E-state index contributed by atoms with van der Waals surface area (Å²) in [5.41, 5.74) is 2.94. The van der Waals surface area contributed by atoms with Crippen molar-refractivity contribution in [2.45, 2.75) is 35.9 Å². The van der Waals surface area contributed by atoms with E-state index in [0.29, 0.717) is 17.0 Å². The first-order valence-electron chi connectivity index (χ1n) is 10.1. The van der Waals surface area contributed by atoms with Gasteiger partial charge in [-0.25, -0.2) is 4.21 Å². The number of hydrogen-bond acceptors (Lipinski definition) is 3. The standard InChI is InChI=1S/C26H25NO2S/c1-19(23-14-8-12-20-9-2-5-13-24(20)23)27-17-21-10-3-6-15-25(21)30(29)26-16-7-4-11-22(26)18-28/h2-16,19,27-28H,17-18H2,1H3/t19-,30?/m0/s1. The van der Waals surface area contributed by atoms with Gasteiger partial charge in [0.1, 0.15) is 0 Å². The van der Waals surface area contributed by atoms with Crippen LogP contribution in [0.1, 0.15) is 29.7 Å². The number of aliphatic hydroxyl groups excluding tert-OH is 1. The van der Waals surface area contributed by atoms with E-state index in [1.54, 1.807) is 0 Å². The molecule has 2 N–H and O–H groups in total. The smallest absolute Gasteiger partial charge is 0.0856 e. The van der Waals surface area contributed by atoms with Crippen LogP contribution in [-0.4, -0.2) is 9.32 Å². The summed E-state index contributed by atoms with van der Waals surface area (Å²) in [6, 6.07) is 30.1. The summed E-state index contributed by atoms with van der Waals surface area (Å²) in [5, 5.41) is 15.7. The average Bonchev–Trinajstić information content (AvgIpc) is 2.81. The van der Waals surface area contributed by atoms with Crippen LogP contribution >= 0.6 is 0 Å². The average molecular weight is 416 g/mol. The van der Waals surface area contributed by atoms with Gasteiger partial charge in [0, 0.05) is 22.4 Å². The lowest BCUT2D eigenvalue weighted by molar-refractivity contribution is 0.278. The van der Waals surface area contributed by atoms with Gasteiger partial charge in [0.15, 0.2) is 0 Å². The van der Waals surface area contributed by atoms with Crippen LogP contribution in [0, 0.1) is 0 Å². The highest BCUT2D eigenvalue weighted by atomic mass is 32.2. The molecule has 0 saturated heterocycles. The highest BCUT2D eigenvalue weighted by molar-refractivity contribution is 7.85. The molecular weight excluding hydrogens is 390 g/mol. The van der Waals surface area contributed by atoms with E-state index in [1.807, 2.05) is 48.5 Å². The topological polar surface area (TPSA) is 49.3 Å². The Balaban J connectivity index is 1.58. The van der Waals surface area contributed by atoms with Gasteiger partial charge in [-0.3, -0.25) is 0 Å². The Morgan fingerprint density at radius 3 is 2.17 bits per heavy atom. The Labute approximate surface area is 179 Å². The molecule has 0 aliphatic heterocycles. The number of hydrogen-bond donors (Lipinski definition) is 2. The van der Waals surface area contributed by atoms with Crippen molar-refractivity contribution >= 4 is 21.6 Å². The minimum atomic E-state index is -1.35. The van der Waals surface area contributed by atoms with Gasteiger partial charge < -0.3 is 10.4 Å². The Morgan fingerprint density at radius 2 is 1.40 bits per heavy atom. The van der Waals surface area contributed by atoms with E-state index >= 15 is 0 Å². The number of fused-ring (bicyclic) bond motifs is 1. The number of nitrogens with one attached hydrogen (secondary N) is 1. The number of aliphatic hydroxyl groups is 1. The van der Waals surface area contributed by atoms with E-state index in [9.17, 15) is 9.32 Å². The van der Waals surface area contributed by atoms with Gasteiger partial charge in [0.2, 0.25) is 0 Å². The van der Waals surface area contributed by atoms with E-state index in [2.05, 4.69) is 54.7 Å². The molecule has 0 radical (unpaired) electrons. The van der Waals surface area contributed by atoms with Crippen molar-refractivity contribution in [1.82, 2.24) is 5.32 Å². The van der Waals surface area contributed by atoms with E-state index in [4.69, 9.17) is 0 Å². The monoisotopic (exact) mass is 415 g/mol. The molecule has 0 aliphatic rings. The minimum absolute atomic E-state index is 0.125. The van der Waals surface area contributed by atoms with Crippen molar-refractivity contribution < 1.29 is 9.32 Å². The summed E-state index contributed by atoms with van der Waals surface area (Å²) < 4.78 is 13.3. The van der Waals surface area contributed by atoms with Crippen LogP contribution in [0.5, 0.6) is 0 Å². The first-order chi connectivity index (χ1) is 14.7. The molecule has 1 unspecified atom stereocenters. The number of rotatable bonds is 7. The summed E-state index contributed by atoms with van der Waals surface area (Å²) >= 11 is 0. The molecule has 3 nitrogen and oxygen atoms in total. The molecule has 0 amide bonds. The SMILES string of the molecule is C[C@H](NCc1ccccc1S(=O)c1ccccc1CO)c1cccc2ccccc12. The molecule has 0 spiro atoms. The van der Waals surface area contributed by atoms with Crippen molar-refractivity contribution in [3.8, 4) is 0 Å². The summed E-state index contributed by atoms with van der Waals surface area (Å²) in [4.78, 5) is 1.44. The summed E-state index contributed by atoms with van der Waals surface area (Å²) in [6.45, 7) is 2.64. The lowest BCUT2D eigenvalue weighted by Crippen LogP contribution is -2.19. The van der Waals surface area contributed by atoms with Crippen LogP contribution in [0.15, 0.2) is 101 Å². The van der Waals surface area contributed by atoms with Gasteiger partial charge in [-0.1, -0.05) is 78.9 Å². The number of benzene rings is 4. The molecule has 4 aromatic carbocycles. The Morgan fingerprint density at radius 1 is 0.800 bits per heavy atom. The normalized spacial score (nSPS) is 13.3. The third-order valence-electron chi connectivity index (χ3n) is 5.40. The lowest BCUT2D eigenvalue weighted by atomic mass is 9.99. The van der Waals surface area contributed by atoms with Crippen LogP contribution in [0.25, 0.3) is 10.8 Å². The zero-order valence-electron chi connectivity index (χ0n) is 16.9. The minimum Gasteiger partial charge on any atom is -0.392 e. The van der Waals surface area contributed by atoms with E-state index in [1.165, 1.54) is 16.3 Å². The maximum atomic E-state index is 13.3. The molecule has 0 aromatic heterocycles. The molecule has 0 fully saturated rings. The summed E-state index contributed by atoms with van der Waals surface area (Å²) in [6.07, 6.45) is 0. The quantitative estimate of drug-likeness (QED) is 0.428. The molecule has 30 heavy (non-hydrogen) atoms. The Kier molecular flexibility index (Phi) is 6.38. The molecule has 0 saturated carbocycles. The fraction of sp³-hybridized carbons (Fsp3) is 0.154. The molecule has 4 aromatic rings. The van der Waals surface area contributed by atoms with Crippen LogP contribution in [0.3, 0.4) is 0 Å². The van der Waals surface area contributed by atoms with Gasteiger partial charge in [-0.2, -0.15) is 0 Å². The first-order valence-corrected chi connectivity index (χ1v) is 11.2. The van der Waals surface area contributed by atoms with Gasteiger partial charge in [-0.15, -0.1) is 0 Å². The molecule has 0 bridgehead atoms. The highest BCUT2D eigenvalue weighted by Gasteiger charge is 2.16. The Bertz CT molecular complexity index is 1180. The maximum Gasteiger partial charge on any atom is 0.0856 e. The zero-order chi connectivity index (χ0) is 20.9. The zero-order valence-corrected chi connectivity index (χ0v) is 17.7. The van der Waals surface area contributed by atoms with E-state index in [0.717, 1.165) is 10.5 Å². The second-order valence-corrected chi connectivity index (χ2v) is 8.73. The molecule has 0 heterocycles. The molecular formula is C26H25NO2S. The fourth-order valence-corrected chi connectivity index (χ4v) is 5.16. The van der Waals surface area contributed by atoms with Crippen molar-refractivity contribution in [3.05, 3.63) is 108 Å². The van der Waals surface area contributed by atoms with Crippen molar-refractivity contribution in [2.75, 3.05) is 0 Å². The van der Waals surface area contributed by atoms with Crippen LogP contribution < -0.4 is 5.32 Å². The van der Waals surface area contributed by atoms with Gasteiger partial charge in [0.25, 0.3) is 0 Å². The predicted octanol–water partition coefficient (Wildman–Crippen LogP) is 5.35. The molecule has 4 heteroatoms. The van der Waals surface area contributed by atoms with E-state index in [-0.39, 0.29) is 12.6 Å². The molecule has 0 aliphatic carbocycles. The second kappa shape index (κ2) is 9.35. The molecule has 152 valence electrons. The van der Waals surface area contributed by atoms with Gasteiger partial charge in [0.05, 0.1) is 17.4 Å². The van der Waals surface area contributed by atoms with E-state index < -0.39 is 10.8 Å². The third-order valence-corrected chi connectivity index (χ3v) is 7.00. The predicted molar refractivity (Wildman–Crippen MR) is 123 cm³/mol. The van der Waals surface area contributed by atoms with Gasteiger partial charge >= 0.3 is 0 Å². The summed E-state index contributed by atoms with van der Waals surface area (Å²) in [7, 11) is -1.35. The van der Waals surface area contributed by atoms with Crippen LogP contribution in [0.2, 0.25) is 0 Å². The van der Waals surface area contributed by atoms with Crippen molar-refractivity contribution in [2.24, 2.45) is 0 Å². The molecule has 4 rings (SSSR count). The lowest BCUT2D eigenvalue weighted by Gasteiger charge is -2.18. The highest BCUT2D eigenvalue weighted by Crippen LogP contribution is 2.26. The van der Waals surface area contributed by atoms with Gasteiger partial charge in [-0.05, 0) is 46.5 Å². The van der Waals surface area contributed by atoms with Crippen LogP contribution in [-0.2, 0) is 24.0 Å². The first kappa shape index (κ1) is 20.5. The van der Waals surface area contributed by atoms with Crippen molar-refractivity contribution in [3.63, 3.8) is 0 Å². The largest absolute Gasteiger partial charge is 0.392 e.